The number of rotatable bonds is 4. The largest absolute Gasteiger partial charge is 0.352 e. The van der Waals surface area contributed by atoms with Gasteiger partial charge < -0.3 is 15.5 Å². The number of likely N-dealkylation sites (tertiary alicyclic amines) is 1. The summed E-state index contributed by atoms with van der Waals surface area (Å²) in [4.78, 5) is 26.9. The first-order valence-corrected chi connectivity index (χ1v) is 9.96. The van der Waals surface area contributed by atoms with Crippen molar-refractivity contribution in [1.82, 2.24) is 15.5 Å². The maximum atomic E-state index is 12.5. The molecule has 0 saturated carbocycles. The van der Waals surface area contributed by atoms with Crippen LogP contribution in [0.2, 0.25) is 0 Å². The van der Waals surface area contributed by atoms with Crippen LogP contribution < -0.4 is 10.6 Å². The summed E-state index contributed by atoms with van der Waals surface area (Å²) in [5, 5.41) is 8.51. The van der Waals surface area contributed by atoms with E-state index in [1.165, 1.54) is 0 Å². The fourth-order valence-corrected chi connectivity index (χ4v) is 4.34. The van der Waals surface area contributed by atoms with Crippen molar-refractivity contribution in [1.29, 1.82) is 0 Å². The number of nitrogens with one attached hydrogen (secondary N) is 2. The highest BCUT2D eigenvalue weighted by Crippen LogP contribution is 2.27. The Hall–Kier alpha value is -2.11. The minimum Gasteiger partial charge on any atom is -0.352 e. The molecular formula is C22H28ClN3O2. The smallest absolute Gasteiger partial charge is 0.251 e. The Labute approximate surface area is 172 Å². The standard InChI is InChI=1S/C22H27N3O2.ClH/c26-21(25-11-8-19-14-23-15-20(19)9-12-25)7-10-24-22(27)18-6-5-16-3-1-2-4-17(16)13-18;/h1-6,13,19-20,23H,7-12,14-15H2,(H,24,27);1H/t19-,20+;. The Morgan fingerprint density at radius 1 is 1.00 bits per heavy atom. The van der Waals surface area contributed by atoms with Gasteiger partial charge in [0.25, 0.3) is 5.91 Å². The van der Waals surface area contributed by atoms with Gasteiger partial charge in [-0.1, -0.05) is 30.3 Å². The zero-order valence-electron chi connectivity index (χ0n) is 16.0. The van der Waals surface area contributed by atoms with E-state index < -0.39 is 0 Å². The van der Waals surface area contributed by atoms with E-state index in [-0.39, 0.29) is 24.2 Å². The number of hydrogen-bond acceptors (Lipinski definition) is 3. The lowest BCUT2D eigenvalue weighted by Gasteiger charge is -2.21. The number of hydrogen-bond donors (Lipinski definition) is 2. The molecule has 2 fully saturated rings. The molecule has 2 saturated heterocycles. The molecule has 0 aromatic heterocycles. The van der Waals surface area contributed by atoms with Crippen LogP contribution in [0.25, 0.3) is 10.8 Å². The third-order valence-electron chi connectivity index (χ3n) is 6.01. The van der Waals surface area contributed by atoms with Gasteiger partial charge in [-0.15, -0.1) is 12.4 Å². The molecule has 2 N–H and O–H groups in total. The van der Waals surface area contributed by atoms with Gasteiger partial charge in [-0.25, -0.2) is 0 Å². The normalized spacial score (nSPS) is 21.5. The summed E-state index contributed by atoms with van der Waals surface area (Å²) in [7, 11) is 0. The van der Waals surface area contributed by atoms with Crippen molar-refractivity contribution in [3.63, 3.8) is 0 Å². The summed E-state index contributed by atoms with van der Waals surface area (Å²) in [6, 6.07) is 13.7. The minimum absolute atomic E-state index is 0. The van der Waals surface area contributed by atoms with Gasteiger partial charge in [0.2, 0.25) is 5.91 Å². The molecule has 2 atom stereocenters. The molecule has 2 aliphatic rings. The van der Waals surface area contributed by atoms with Crippen LogP contribution in [-0.2, 0) is 4.79 Å². The number of carbonyl (C=O) groups is 2. The Balaban J connectivity index is 0.00000225. The van der Waals surface area contributed by atoms with Gasteiger partial charge in [0.05, 0.1) is 0 Å². The number of halogens is 1. The van der Waals surface area contributed by atoms with Crippen LogP contribution in [0.1, 0.15) is 29.6 Å². The van der Waals surface area contributed by atoms with Gasteiger partial charge in [-0.2, -0.15) is 0 Å². The zero-order chi connectivity index (χ0) is 18.6. The molecule has 4 rings (SSSR count). The SMILES string of the molecule is Cl.O=C(NCCC(=O)N1CC[C@@H]2CNC[C@@H]2CC1)c1ccc2ccccc2c1. The van der Waals surface area contributed by atoms with E-state index in [4.69, 9.17) is 0 Å². The van der Waals surface area contributed by atoms with Crippen molar-refractivity contribution in [2.24, 2.45) is 11.8 Å². The van der Waals surface area contributed by atoms with Gasteiger partial charge >= 0.3 is 0 Å². The molecule has 150 valence electrons. The highest BCUT2D eigenvalue weighted by molar-refractivity contribution is 5.98. The van der Waals surface area contributed by atoms with Crippen LogP contribution in [0.5, 0.6) is 0 Å². The van der Waals surface area contributed by atoms with Crippen LogP contribution >= 0.6 is 12.4 Å². The summed E-state index contributed by atoms with van der Waals surface area (Å²) >= 11 is 0. The first-order chi connectivity index (χ1) is 13.2. The first-order valence-electron chi connectivity index (χ1n) is 9.96. The Morgan fingerprint density at radius 3 is 2.39 bits per heavy atom. The van der Waals surface area contributed by atoms with Crippen molar-refractivity contribution in [3.8, 4) is 0 Å². The van der Waals surface area contributed by atoms with E-state index in [9.17, 15) is 9.59 Å². The van der Waals surface area contributed by atoms with Crippen LogP contribution in [0, 0.1) is 11.8 Å². The van der Waals surface area contributed by atoms with Crippen LogP contribution in [-0.4, -0.2) is 49.4 Å². The second-order valence-corrected chi connectivity index (χ2v) is 7.70. The van der Waals surface area contributed by atoms with E-state index in [1.54, 1.807) is 0 Å². The maximum absolute atomic E-state index is 12.5. The molecule has 0 bridgehead atoms. The van der Waals surface area contributed by atoms with Crippen LogP contribution in [0.15, 0.2) is 42.5 Å². The van der Waals surface area contributed by atoms with Crippen molar-refractivity contribution >= 4 is 35.0 Å². The topological polar surface area (TPSA) is 61.4 Å². The lowest BCUT2D eigenvalue weighted by molar-refractivity contribution is -0.131. The predicted molar refractivity (Wildman–Crippen MR) is 114 cm³/mol. The maximum Gasteiger partial charge on any atom is 0.251 e. The van der Waals surface area contributed by atoms with E-state index in [2.05, 4.69) is 10.6 Å². The highest BCUT2D eigenvalue weighted by Gasteiger charge is 2.31. The average Bonchev–Trinajstić information content (AvgIpc) is 3.05. The minimum atomic E-state index is -0.120. The van der Waals surface area contributed by atoms with Crippen molar-refractivity contribution < 1.29 is 9.59 Å². The molecule has 28 heavy (non-hydrogen) atoms. The summed E-state index contributed by atoms with van der Waals surface area (Å²) in [5.74, 6) is 1.47. The number of fused-ring (bicyclic) bond motifs is 2. The molecule has 2 aromatic rings. The molecule has 2 aromatic carbocycles. The fourth-order valence-electron chi connectivity index (χ4n) is 4.34. The Kier molecular flexibility index (Phi) is 6.92. The summed E-state index contributed by atoms with van der Waals surface area (Å²) in [6.07, 6.45) is 2.55. The molecule has 0 aliphatic carbocycles. The van der Waals surface area contributed by atoms with E-state index in [0.29, 0.717) is 18.5 Å². The Bertz CT molecular complexity index is 827. The third kappa shape index (κ3) is 4.65. The lowest BCUT2D eigenvalue weighted by Crippen LogP contribution is -2.35. The zero-order valence-corrected chi connectivity index (χ0v) is 16.8. The summed E-state index contributed by atoms with van der Waals surface area (Å²) in [6.45, 7) is 4.26. The average molecular weight is 402 g/mol. The lowest BCUT2D eigenvalue weighted by atomic mass is 9.92. The van der Waals surface area contributed by atoms with Gasteiger partial charge in [0, 0.05) is 31.6 Å². The predicted octanol–water partition coefficient (Wildman–Crippen LogP) is 2.84. The van der Waals surface area contributed by atoms with E-state index in [1.807, 2.05) is 47.4 Å². The fraction of sp³-hybridized carbons (Fsp3) is 0.455. The van der Waals surface area contributed by atoms with Gasteiger partial charge in [-0.05, 0) is 60.7 Å². The second kappa shape index (κ2) is 9.39. The first kappa shape index (κ1) is 20.6. The quantitative estimate of drug-likeness (QED) is 0.828. The van der Waals surface area contributed by atoms with Crippen molar-refractivity contribution in [3.05, 3.63) is 48.0 Å². The van der Waals surface area contributed by atoms with Crippen LogP contribution in [0.4, 0.5) is 0 Å². The van der Waals surface area contributed by atoms with Gasteiger partial charge in [-0.3, -0.25) is 9.59 Å². The molecule has 0 radical (unpaired) electrons. The van der Waals surface area contributed by atoms with E-state index >= 15 is 0 Å². The number of nitrogens with zero attached hydrogens (tertiary/aromatic N) is 1. The third-order valence-corrected chi connectivity index (χ3v) is 6.01. The molecule has 5 nitrogen and oxygen atoms in total. The second-order valence-electron chi connectivity index (χ2n) is 7.70. The van der Waals surface area contributed by atoms with Gasteiger partial charge in [0.1, 0.15) is 0 Å². The van der Waals surface area contributed by atoms with Crippen molar-refractivity contribution in [2.75, 3.05) is 32.7 Å². The number of benzene rings is 2. The molecule has 6 heteroatoms. The molecular weight excluding hydrogens is 374 g/mol. The Morgan fingerprint density at radius 2 is 1.68 bits per heavy atom. The highest BCUT2D eigenvalue weighted by atomic mass is 35.5. The van der Waals surface area contributed by atoms with Crippen molar-refractivity contribution in [2.45, 2.75) is 19.3 Å². The van der Waals surface area contributed by atoms with E-state index in [0.717, 1.165) is 61.6 Å². The molecule has 0 unspecified atom stereocenters. The number of amides is 2. The summed E-state index contributed by atoms with van der Waals surface area (Å²) < 4.78 is 0. The molecule has 2 amide bonds. The number of carbonyl (C=O) groups excluding carboxylic acids is 2. The van der Waals surface area contributed by atoms with Gasteiger partial charge in [0.15, 0.2) is 0 Å². The molecule has 2 aliphatic heterocycles. The summed E-state index contributed by atoms with van der Waals surface area (Å²) in [5.41, 5.74) is 0.635. The molecule has 2 heterocycles. The van der Waals surface area contributed by atoms with Crippen LogP contribution in [0.3, 0.4) is 0 Å². The monoisotopic (exact) mass is 401 g/mol. The molecule has 0 spiro atoms.